The quantitative estimate of drug-likeness (QED) is 0.931. The largest absolute Gasteiger partial charge is 0.324 e. The van der Waals surface area contributed by atoms with Gasteiger partial charge >= 0.3 is 0 Å². The Hall–Kier alpha value is -1.03. The van der Waals surface area contributed by atoms with E-state index in [4.69, 9.17) is 28.9 Å². The number of benzene rings is 1. The van der Waals surface area contributed by atoms with Gasteiger partial charge in [-0.25, -0.2) is 0 Å². The lowest BCUT2D eigenvalue weighted by Gasteiger charge is -2.12. The molecule has 17 heavy (non-hydrogen) atoms. The monoisotopic (exact) mass is 269 g/mol. The van der Waals surface area contributed by atoms with Crippen LogP contribution in [0.5, 0.6) is 0 Å². The summed E-state index contributed by atoms with van der Waals surface area (Å²) in [6.07, 6.45) is 4.26. The molecule has 0 aliphatic carbocycles. The molecular formula is C12H13Cl2N3. The summed E-state index contributed by atoms with van der Waals surface area (Å²) in [6, 6.07) is 5.31. The van der Waals surface area contributed by atoms with Crippen molar-refractivity contribution in [3.05, 3.63) is 51.8 Å². The molecule has 1 atom stereocenters. The molecule has 0 saturated carbocycles. The van der Waals surface area contributed by atoms with Gasteiger partial charge in [0, 0.05) is 34.9 Å². The van der Waals surface area contributed by atoms with Gasteiger partial charge in [0.05, 0.1) is 6.20 Å². The molecule has 1 unspecified atom stereocenters. The first-order valence-electron chi connectivity index (χ1n) is 5.25. The van der Waals surface area contributed by atoms with Gasteiger partial charge in [-0.2, -0.15) is 5.10 Å². The topological polar surface area (TPSA) is 43.8 Å². The average molecular weight is 270 g/mol. The summed E-state index contributed by atoms with van der Waals surface area (Å²) < 4.78 is 1.73. The maximum Gasteiger partial charge on any atom is 0.0537 e. The predicted molar refractivity (Wildman–Crippen MR) is 70.3 cm³/mol. The van der Waals surface area contributed by atoms with Crippen LogP contribution in [-0.4, -0.2) is 9.78 Å². The second-order valence-corrected chi connectivity index (χ2v) is 4.77. The van der Waals surface area contributed by atoms with Gasteiger partial charge in [0.2, 0.25) is 0 Å². The molecular weight excluding hydrogens is 257 g/mol. The Bertz CT molecular complexity index is 502. The molecule has 0 saturated heterocycles. The zero-order valence-electron chi connectivity index (χ0n) is 9.40. The first-order chi connectivity index (χ1) is 8.08. The van der Waals surface area contributed by atoms with Crippen molar-refractivity contribution < 1.29 is 0 Å². The van der Waals surface area contributed by atoms with Crippen molar-refractivity contribution in [3.63, 3.8) is 0 Å². The van der Waals surface area contributed by atoms with Gasteiger partial charge in [0.15, 0.2) is 0 Å². The number of halogens is 2. The number of nitrogens with zero attached hydrogens (tertiary/aromatic N) is 2. The number of rotatable bonds is 3. The van der Waals surface area contributed by atoms with Gasteiger partial charge in [0.25, 0.3) is 0 Å². The minimum atomic E-state index is -0.152. The van der Waals surface area contributed by atoms with Crippen molar-refractivity contribution >= 4 is 23.2 Å². The van der Waals surface area contributed by atoms with E-state index in [1.54, 1.807) is 10.9 Å². The fourth-order valence-electron chi connectivity index (χ4n) is 1.70. The SMILES string of the molecule is Cn1cc(C(N)Cc2c(Cl)cccc2Cl)cn1. The van der Waals surface area contributed by atoms with Crippen LogP contribution in [-0.2, 0) is 13.5 Å². The smallest absolute Gasteiger partial charge is 0.0537 e. The van der Waals surface area contributed by atoms with Crippen LogP contribution in [0.25, 0.3) is 0 Å². The molecule has 0 spiro atoms. The molecule has 1 heterocycles. The Kier molecular flexibility index (Phi) is 3.72. The fraction of sp³-hybridized carbons (Fsp3) is 0.250. The molecule has 0 bridgehead atoms. The van der Waals surface area contributed by atoms with Crippen LogP contribution in [0.15, 0.2) is 30.6 Å². The van der Waals surface area contributed by atoms with Crippen molar-refractivity contribution in [2.24, 2.45) is 12.8 Å². The molecule has 5 heteroatoms. The molecule has 0 radical (unpaired) electrons. The Labute approximate surface area is 110 Å². The van der Waals surface area contributed by atoms with E-state index in [9.17, 15) is 0 Å². The normalized spacial score (nSPS) is 12.7. The van der Waals surface area contributed by atoms with E-state index in [0.29, 0.717) is 16.5 Å². The average Bonchev–Trinajstić information content (AvgIpc) is 2.70. The molecule has 0 aliphatic heterocycles. The van der Waals surface area contributed by atoms with Crippen LogP contribution in [0, 0.1) is 0 Å². The van der Waals surface area contributed by atoms with E-state index >= 15 is 0 Å². The highest BCUT2D eigenvalue weighted by Gasteiger charge is 2.13. The van der Waals surface area contributed by atoms with Crippen molar-refractivity contribution in [2.45, 2.75) is 12.5 Å². The minimum absolute atomic E-state index is 0.152. The molecule has 2 rings (SSSR count). The van der Waals surface area contributed by atoms with E-state index in [0.717, 1.165) is 11.1 Å². The van der Waals surface area contributed by atoms with Crippen molar-refractivity contribution in [1.82, 2.24) is 9.78 Å². The van der Waals surface area contributed by atoms with E-state index in [2.05, 4.69) is 5.10 Å². The molecule has 3 nitrogen and oxygen atoms in total. The molecule has 0 amide bonds. The summed E-state index contributed by atoms with van der Waals surface area (Å²) in [5.74, 6) is 0. The Morgan fingerprint density at radius 1 is 1.35 bits per heavy atom. The van der Waals surface area contributed by atoms with E-state index in [1.165, 1.54) is 0 Å². The molecule has 0 fully saturated rings. The molecule has 2 N–H and O–H groups in total. The van der Waals surface area contributed by atoms with E-state index in [-0.39, 0.29) is 6.04 Å². The van der Waals surface area contributed by atoms with Gasteiger partial charge in [-0.05, 0) is 24.1 Å². The van der Waals surface area contributed by atoms with Gasteiger partial charge < -0.3 is 5.73 Å². The van der Waals surface area contributed by atoms with Gasteiger partial charge in [0.1, 0.15) is 0 Å². The molecule has 0 aliphatic rings. The maximum atomic E-state index is 6.11. The Morgan fingerprint density at radius 3 is 2.53 bits per heavy atom. The minimum Gasteiger partial charge on any atom is -0.324 e. The number of hydrogen-bond acceptors (Lipinski definition) is 2. The van der Waals surface area contributed by atoms with Gasteiger partial charge in [-0.1, -0.05) is 29.3 Å². The third-order valence-electron chi connectivity index (χ3n) is 2.64. The molecule has 90 valence electrons. The number of hydrogen-bond donors (Lipinski definition) is 1. The first kappa shape index (κ1) is 12.4. The highest BCUT2D eigenvalue weighted by molar-refractivity contribution is 6.36. The Morgan fingerprint density at radius 2 is 2.00 bits per heavy atom. The summed E-state index contributed by atoms with van der Waals surface area (Å²) in [7, 11) is 1.86. The fourth-order valence-corrected chi connectivity index (χ4v) is 2.25. The maximum absolute atomic E-state index is 6.11. The second-order valence-electron chi connectivity index (χ2n) is 3.96. The summed E-state index contributed by atoms with van der Waals surface area (Å²) in [6.45, 7) is 0. The number of aromatic nitrogens is 2. The Balaban J connectivity index is 2.21. The van der Waals surface area contributed by atoms with Crippen LogP contribution < -0.4 is 5.73 Å². The van der Waals surface area contributed by atoms with Gasteiger partial charge in [-0.15, -0.1) is 0 Å². The summed E-state index contributed by atoms with van der Waals surface area (Å²) in [5, 5.41) is 5.39. The molecule has 2 aromatic rings. The predicted octanol–water partition coefficient (Wildman–Crippen LogP) is 2.97. The highest BCUT2D eigenvalue weighted by Crippen LogP contribution is 2.28. The van der Waals surface area contributed by atoms with Crippen LogP contribution in [0.1, 0.15) is 17.2 Å². The first-order valence-corrected chi connectivity index (χ1v) is 6.00. The van der Waals surface area contributed by atoms with Crippen molar-refractivity contribution in [2.75, 3.05) is 0 Å². The van der Waals surface area contributed by atoms with E-state index in [1.807, 2.05) is 31.4 Å². The molecule has 1 aromatic carbocycles. The number of aryl methyl sites for hydroxylation is 1. The van der Waals surface area contributed by atoms with E-state index < -0.39 is 0 Å². The van der Waals surface area contributed by atoms with Crippen molar-refractivity contribution in [3.8, 4) is 0 Å². The lowest BCUT2D eigenvalue weighted by molar-refractivity contribution is 0.717. The summed E-state index contributed by atoms with van der Waals surface area (Å²) >= 11 is 12.2. The summed E-state index contributed by atoms with van der Waals surface area (Å²) in [4.78, 5) is 0. The van der Waals surface area contributed by atoms with Crippen LogP contribution in [0.2, 0.25) is 10.0 Å². The van der Waals surface area contributed by atoms with Crippen LogP contribution in [0.3, 0.4) is 0 Å². The highest BCUT2D eigenvalue weighted by atomic mass is 35.5. The standard InChI is InChI=1S/C12H13Cl2N3/c1-17-7-8(6-16-17)12(15)5-9-10(13)3-2-4-11(9)14/h2-4,6-7,12H,5,15H2,1H3. The third kappa shape index (κ3) is 2.80. The zero-order chi connectivity index (χ0) is 12.4. The molecule has 1 aromatic heterocycles. The second kappa shape index (κ2) is 5.08. The summed E-state index contributed by atoms with van der Waals surface area (Å²) in [5.41, 5.74) is 7.96. The number of nitrogens with two attached hydrogens (primary N) is 1. The van der Waals surface area contributed by atoms with Crippen LogP contribution in [0.4, 0.5) is 0 Å². The third-order valence-corrected chi connectivity index (χ3v) is 3.35. The lowest BCUT2D eigenvalue weighted by Crippen LogP contribution is -2.13. The van der Waals surface area contributed by atoms with Crippen LogP contribution >= 0.6 is 23.2 Å². The zero-order valence-corrected chi connectivity index (χ0v) is 10.9. The lowest BCUT2D eigenvalue weighted by atomic mass is 10.0. The van der Waals surface area contributed by atoms with Gasteiger partial charge in [-0.3, -0.25) is 4.68 Å². The van der Waals surface area contributed by atoms with Crippen molar-refractivity contribution in [1.29, 1.82) is 0 Å².